The first-order valence-corrected chi connectivity index (χ1v) is 9.22. The fraction of sp³-hybridized carbons (Fsp3) is 0.600. The number of nitrogens with zero attached hydrogens (tertiary/aromatic N) is 1. The minimum absolute atomic E-state index is 0.0562. The molecule has 1 aromatic carbocycles. The van der Waals surface area contributed by atoms with Crippen LogP contribution in [0.2, 0.25) is 0 Å². The maximum absolute atomic E-state index is 12.8. The first-order valence-electron chi connectivity index (χ1n) is 9.22. The highest BCUT2D eigenvalue weighted by molar-refractivity contribution is 5.77. The Bertz CT molecular complexity index is 632. The molecule has 144 valence electrons. The highest BCUT2D eigenvalue weighted by Crippen LogP contribution is 2.23. The summed E-state index contributed by atoms with van der Waals surface area (Å²) in [5, 5.41) is 12.4. The molecule has 2 amide bonds. The first-order chi connectivity index (χ1) is 12.3. The minimum atomic E-state index is -0.830. The predicted octanol–water partition coefficient (Wildman–Crippen LogP) is 3.01. The summed E-state index contributed by atoms with van der Waals surface area (Å²) in [5.74, 6) is -0.0893. The van der Waals surface area contributed by atoms with E-state index in [1.165, 1.54) is 0 Å². The number of amides is 2. The van der Waals surface area contributed by atoms with Gasteiger partial charge in [0.25, 0.3) is 0 Å². The molecular weight excluding hydrogens is 332 g/mol. The Kier molecular flexibility index (Phi) is 6.89. The number of aliphatic carboxylic acids is 1. The monoisotopic (exact) mass is 362 g/mol. The van der Waals surface area contributed by atoms with Crippen LogP contribution in [0.25, 0.3) is 0 Å². The summed E-state index contributed by atoms with van der Waals surface area (Å²) in [6, 6.07) is 7.56. The molecule has 0 bridgehead atoms. The summed E-state index contributed by atoms with van der Waals surface area (Å²) in [6.07, 6.45) is 1.28. The molecule has 1 fully saturated rings. The molecule has 3 unspecified atom stereocenters. The Morgan fingerprint density at radius 3 is 2.62 bits per heavy atom. The lowest BCUT2D eigenvalue weighted by atomic mass is 9.90. The lowest BCUT2D eigenvalue weighted by molar-refractivity contribution is -0.143. The van der Waals surface area contributed by atoms with E-state index in [-0.39, 0.29) is 30.5 Å². The van der Waals surface area contributed by atoms with Gasteiger partial charge in [-0.2, -0.15) is 0 Å². The molecule has 0 aromatic heterocycles. The fourth-order valence-electron chi connectivity index (χ4n) is 3.51. The van der Waals surface area contributed by atoms with Gasteiger partial charge in [0.15, 0.2) is 0 Å². The van der Waals surface area contributed by atoms with Crippen LogP contribution < -0.4 is 10.1 Å². The Morgan fingerprint density at radius 2 is 2.00 bits per heavy atom. The third kappa shape index (κ3) is 5.13. The Labute approximate surface area is 155 Å². The van der Waals surface area contributed by atoms with E-state index in [9.17, 15) is 14.7 Å². The summed E-state index contributed by atoms with van der Waals surface area (Å²) < 4.78 is 5.41. The molecule has 2 N–H and O–H groups in total. The molecular formula is C20H30N2O4. The van der Waals surface area contributed by atoms with Crippen LogP contribution in [0, 0.1) is 17.8 Å². The third-order valence-corrected chi connectivity index (χ3v) is 5.04. The number of likely N-dealkylation sites (tertiary alicyclic amines) is 1. The summed E-state index contributed by atoms with van der Waals surface area (Å²) >= 11 is 0. The predicted molar refractivity (Wildman–Crippen MR) is 100 cm³/mol. The number of rotatable bonds is 6. The number of methoxy groups -OCH3 is 1. The van der Waals surface area contributed by atoms with E-state index in [4.69, 9.17) is 4.74 Å². The van der Waals surface area contributed by atoms with Gasteiger partial charge in [-0.05, 0) is 36.3 Å². The van der Waals surface area contributed by atoms with E-state index in [0.717, 1.165) is 11.3 Å². The SMILES string of the molecule is COc1ccccc1CC(NC(=O)N1CC(C)CC(C(=O)O)C1)C(C)C. The van der Waals surface area contributed by atoms with Gasteiger partial charge in [-0.15, -0.1) is 0 Å². The molecule has 6 heteroatoms. The lowest BCUT2D eigenvalue weighted by Gasteiger charge is -2.36. The number of benzene rings is 1. The van der Waals surface area contributed by atoms with Gasteiger partial charge in [0.2, 0.25) is 0 Å². The van der Waals surface area contributed by atoms with Crippen LogP contribution in [0.4, 0.5) is 4.79 Å². The molecule has 0 radical (unpaired) electrons. The molecule has 1 aromatic rings. The second-order valence-electron chi connectivity index (χ2n) is 7.60. The number of carboxylic acids is 1. The van der Waals surface area contributed by atoms with Crippen LogP contribution in [-0.4, -0.2) is 48.2 Å². The van der Waals surface area contributed by atoms with Crippen molar-refractivity contribution in [3.05, 3.63) is 29.8 Å². The van der Waals surface area contributed by atoms with Crippen molar-refractivity contribution < 1.29 is 19.4 Å². The second-order valence-corrected chi connectivity index (χ2v) is 7.60. The normalized spacial score (nSPS) is 21.3. The van der Waals surface area contributed by atoms with E-state index in [0.29, 0.717) is 19.4 Å². The second kappa shape index (κ2) is 8.92. The largest absolute Gasteiger partial charge is 0.496 e. The summed E-state index contributed by atoms with van der Waals surface area (Å²) in [4.78, 5) is 25.7. The van der Waals surface area contributed by atoms with E-state index in [2.05, 4.69) is 19.2 Å². The van der Waals surface area contributed by atoms with Crippen molar-refractivity contribution in [2.24, 2.45) is 17.8 Å². The molecule has 26 heavy (non-hydrogen) atoms. The standard InChI is InChI=1S/C20H30N2O4/c1-13(2)17(10-15-7-5-6-8-18(15)26-4)21-20(25)22-11-14(3)9-16(12-22)19(23)24/h5-8,13-14,16-17H,9-12H2,1-4H3,(H,21,25)(H,23,24). The van der Waals surface area contributed by atoms with E-state index >= 15 is 0 Å². The lowest BCUT2D eigenvalue weighted by Crippen LogP contribution is -2.53. The quantitative estimate of drug-likeness (QED) is 0.815. The topological polar surface area (TPSA) is 78.9 Å². The van der Waals surface area contributed by atoms with Crippen molar-refractivity contribution in [1.29, 1.82) is 0 Å². The van der Waals surface area contributed by atoms with Crippen molar-refractivity contribution in [3.63, 3.8) is 0 Å². The van der Waals surface area contributed by atoms with Gasteiger partial charge in [0, 0.05) is 19.1 Å². The Hall–Kier alpha value is -2.24. The van der Waals surface area contributed by atoms with Crippen molar-refractivity contribution in [2.75, 3.05) is 20.2 Å². The summed E-state index contributed by atoms with van der Waals surface area (Å²) in [5.41, 5.74) is 1.05. The van der Waals surface area contributed by atoms with Crippen LogP contribution in [0.3, 0.4) is 0 Å². The number of ether oxygens (including phenoxy) is 1. The zero-order chi connectivity index (χ0) is 19.3. The minimum Gasteiger partial charge on any atom is -0.496 e. The van der Waals surface area contributed by atoms with Crippen molar-refractivity contribution >= 4 is 12.0 Å². The first kappa shape index (κ1) is 20.1. The number of para-hydroxylation sites is 1. The van der Waals surface area contributed by atoms with E-state index in [1.807, 2.05) is 31.2 Å². The van der Waals surface area contributed by atoms with Gasteiger partial charge in [-0.1, -0.05) is 39.0 Å². The molecule has 1 aliphatic rings. The molecule has 1 aliphatic heterocycles. The smallest absolute Gasteiger partial charge is 0.317 e. The van der Waals surface area contributed by atoms with Gasteiger partial charge < -0.3 is 20.1 Å². The third-order valence-electron chi connectivity index (χ3n) is 5.04. The number of nitrogens with one attached hydrogen (secondary N) is 1. The van der Waals surface area contributed by atoms with Crippen LogP contribution in [-0.2, 0) is 11.2 Å². The number of urea groups is 1. The zero-order valence-electron chi connectivity index (χ0n) is 16.1. The molecule has 2 rings (SSSR count). The van der Waals surface area contributed by atoms with Crippen molar-refractivity contribution in [2.45, 2.75) is 39.7 Å². The number of hydrogen-bond donors (Lipinski definition) is 2. The van der Waals surface area contributed by atoms with Gasteiger partial charge in [-0.3, -0.25) is 4.79 Å². The van der Waals surface area contributed by atoms with Gasteiger partial charge in [0.05, 0.1) is 13.0 Å². The molecule has 1 saturated heterocycles. The zero-order valence-corrected chi connectivity index (χ0v) is 16.1. The van der Waals surface area contributed by atoms with Crippen molar-refractivity contribution in [3.8, 4) is 5.75 Å². The van der Waals surface area contributed by atoms with Gasteiger partial charge in [0.1, 0.15) is 5.75 Å². The number of carbonyl (C=O) groups is 2. The number of carboxylic acid groups (broad SMARTS) is 1. The van der Waals surface area contributed by atoms with Gasteiger partial charge >= 0.3 is 12.0 Å². The van der Waals surface area contributed by atoms with Crippen LogP contribution >= 0.6 is 0 Å². The molecule has 0 spiro atoms. The molecule has 1 heterocycles. The van der Waals surface area contributed by atoms with Crippen LogP contribution in [0.5, 0.6) is 5.75 Å². The maximum atomic E-state index is 12.8. The van der Waals surface area contributed by atoms with Crippen molar-refractivity contribution in [1.82, 2.24) is 10.2 Å². The molecule has 6 nitrogen and oxygen atoms in total. The molecule has 0 aliphatic carbocycles. The van der Waals surface area contributed by atoms with Crippen LogP contribution in [0.1, 0.15) is 32.8 Å². The van der Waals surface area contributed by atoms with Crippen LogP contribution in [0.15, 0.2) is 24.3 Å². The number of carbonyl (C=O) groups excluding carboxylic acids is 1. The average Bonchev–Trinajstić information content (AvgIpc) is 2.60. The summed E-state index contributed by atoms with van der Waals surface area (Å²) in [6.45, 7) is 6.99. The summed E-state index contributed by atoms with van der Waals surface area (Å²) in [7, 11) is 1.64. The van der Waals surface area contributed by atoms with E-state index in [1.54, 1.807) is 12.0 Å². The number of piperidine rings is 1. The molecule has 0 saturated carbocycles. The van der Waals surface area contributed by atoms with Gasteiger partial charge in [-0.25, -0.2) is 4.79 Å². The Morgan fingerprint density at radius 1 is 1.31 bits per heavy atom. The fourth-order valence-corrected chi connectivity index (χ4v) is 3.51. The highest BCUT2D eigenvalue weighted by atomic mass is 16.5. The van der Waals surface area contributed by atoms with E-state index < -0.39 is 11.9 Å². The number of hydrogen-bond acceptors (Lipinski definition) is 3. The molecule has 3 atom stereocenters. The maximum Gasteiger partial charge on any atom is 0.317 e. The Balaban J connectivity index is 2.07. The highest BCUT2D eigenvalue weighted by Gasteiger charge is 2.32. The average molecular weight is 362 g/mol.